The molecule has 1 aromatic rings. The number of benzene rings is 1. The van der Waals surface area contributed by atoms with Crippen LogP contribution < -0.4 is 4.74 Å². The number of ether oxygens (including phenoxy) is 2. The molecule has 0 aliphatic carbocycles. The Hall–Kier alpha value is -1.06. The van der Waals surface area contributed by atoms with Gasteiger partial charge in [0.05, 0.1) is 6.04 Å². The molecule has 3 nitrogen and oxygen atoms in total. The minimum atomic E-state index is -0.159. The highest BCUT2D eigenvalue weighted by Crippen LogP contribution is 2.30. The van der Waals surface area contributed by atoms with Gasteiger partial charge in [-0.2, -0.15) is 0 Å². The zero-order valence-corrected chi connectivity index (χ0v) is 12.3. The summed E-state index contributed by atoms with van der Waals surface area (Å²) < 4.78 is 11.6. The summed E-state index contributed by atoms with van der Waals surface area (Å²) in [6, 6.07) is 8.60. The van der Waals surface area contributed by atoms with Crippen molar-refractivity contribution in [3.63, 3.8) is 0 Å². The van der Waals surface area contributed by atoms with Gasteiger partial charge in [-0.15, -0.1) is 0 Å². The van der Waals surface area contributed by atoms with Gasteiger partial charge >= 0.3 is 0 Å². The van der Waals surface area contributed by atoms with E-state index in [1.54, 1.807) is 7.11 Å². The van der Waals surface area contributed by atoms with Gasteiger partial charge in [0.1, 0.15) is 5.75 Å². The van der Waals surface area contributed by atoms with Crippen molar-refractivity contribution in [3.05, 3.63) is 29.8 Å². The number of fused-ring (bicyclic) bond motifs is 1. The normalized spacial score (nSPS) is 22.1. The van der Waals surface area contributed by atoms with Gasteiger partial charge in [0.15, 0.2) is 0 Å². The molecule has 2 rings (SSSR count). The number of para-hydroxylation sites is 1. The molecule has 1 aromatic carbocycles. The van der Waals surface area contributed by atoms with Crippen molar-refractivity contribution in [3.8, 4) is 5.75 Å². The van der Waals surface area contributed by atoms with Gasteiger partial charge < -0.3 is 9.47 Å². The fourth-order valence-corrected chi connectivity index (χ4v) is 2.84. The molecule has 0 saturated carbocycles. The summed E-state index contributed by atoms with van der Waals surface area (Å²) in [6.45, 7) is 6.65. The van der Waals surface area contributed by atoms with Crippen LogP contribution in [0.15, 0.2) is 24.3 Å². The standard InChI is InChI=1S/C16H25NO2/c1-4-10-17(11-5-2)14-12-13-8-6-7-9-15(13)19-16(14)18-3/h6-9,14,16H,4-5,10-12H2,1-3H3. The summed E-state index contributed by atoms with van der Waals surface area (Å²) >= 11 is 0. The molecule has 0 saturated heterocycles. The maximum absolute atomic E-state index is 6.00. The number of nitrogens with zero attached hydrogens (tertiary/aromatic N) is 1. The fraction of sp³-hybridized carbons (Fsp3) is 0.625. The average Bonchev–Trinajstić information content (AvgIpc) is 2.45. The molecule has 0 amide bonds. The van der Waals surface area contributed by atoms with Gasteiger partial charge in [-0.1, -0.05) is 32.0 Å². The molecule has 1 aliphatic heterocycles. The van der Waals surface area contributed by atoms with E-state index in [2.05, 4.69) is 30.9 Å². The molecule has 0 N–H and O–H groups in total. The van der Waals surface area contributed by atoms with E-state index in [1.807, 2.05) is 12.1 Å². The van der Waals surface area contributed by atoms with E-state index in [0.29, 0.717) is 6.04 Å². The molecule has 1 aliphatic rings. The summed E-state index contributed by atoms with van der Waals surface area (Å²) in [5, 5.41) is 0. The van der Waals surface area contributed by atoms with E-state index < -0.39 is 0 Å². The van der Waals surface area contributed by atoms with Crippen molar-refractivity contribution in [1.82, 2.24) is 4.90 Å². The first-order valence-electron chi connectivity index (χ1n) is 7.31. The van der Waals surface area contributed by atoms with Crippen LogP contribution in [0.25, 0.3) is 0 Å². The lowest BCUT2D eigenvalue weighted by Crippen LogP contribution is -2.51. The minimum absolute atomic E-state index is 0.159. The molecule has 0 spiro atoms. The Morgan fingerprint density at radius 2 is 1.89 bits per heavy atom. The van der Waals surface area contributed by atoms with E-state index in [-0.39, 0.29) is 6.29 Å². The molecule has 0 aromatic heterocycles. The molecule has 2 atom stereocenters. The summed E-state index contributed by atoms with van der Waals surface area (Å²) in [5.41, 5.74) is 1.29. The lowest BCUT2D eigenvalue weighted by Gasteiger charge is -2.39. The van der Waals surface area contributed by atoms with Crippen LogP contribution in [0.2, 0.25) is 0 Å². The lowest BCUT2D eigenvalue weighted by atomic mass is 9.99. The fourth-order valence-electron chi connectivity index (χ4n) is 2.84. The van der Waals surface area contributed by atoms with E-state index in [0.717, 1.165) is 38.1 Å². The van der Waals surface area contributed by atoms with Gasteiger partial charge in [-0.05, 0) is 44.0 Å². The molecule has 1 heterocycles. The van der Waals surface area contributed by atoms with Crippen molar-refractivity contribution in [1.29, 1.82) is 0 Å². The zero-order valence-electron chi connectivity index (χ0n) is 12.3. The van der Waals surface area contributed by atoms with Gasteiger partial charge in [-0.3, -0.25) is 4.90 Å². The number of hydrogen-bond acceptors (Lipinski definition) is 3. The predicted molar refractivity (Wildman–Crippen MR) is 77.5 cm³/mol. The Labute approximate surface area is 116 Å². The quantitative estimate of drug-likeness (QED) is 0.787. The van der Waals surface area contributed by atoms with Crippen LogP contribution in [0, 0.1) is 0 Å². The van der Waals surface area contributed by atoms with Gasteiger partial charge in [-0.25, -0.2) is 0 Å². The Morgan fingerprint density at radius 3 is 2.53 bits per heavy atom. The van der Waals surface area contributed by atoms with Crippen LogP contribution in [0.4, 0.5) is 0 Å². The smallest absolute Gasteiger partial charge is 0.215 e. The molecular formula is C16H25NO2. The number of rotatable bonds is 6. The van der Waals surface area contributed by atoms with Crippen LogP contribution >= 0.6 is 0 Å². The lowest BCUT2D eigenvalue weighted by molar-refractivity contribution is -0.116. The van der Waals surface area contributed by atoms with Gasteiger partial charge in [0, 0.05) is 7.11 Å². The van der Waals surface area contributed by atoms with E-state index in [1.165, 1.54) is 5.56 Å². The molecule has 0 radical (unpaired) electrons. The maximum atomic E-state index is 6.00. The molecule has 3 heteroatoms. The summed E-state index contributed by atoms with van der Waals surface area (Å²) in [5.74, 6) is 0.971. The SMILES string of the molecule is CCCN(CCC)C1Cc2ccccc2OC1OC. The van der Waals surface area contributed by atoms with Crippen LogP contribution in [0.1, 0.15) is 32.3 Å². The first-order valence-corrected chi connectivity index (χ1v) is 7.31. The Bertz CT molecular complexity index is 388. The topological polar surface area (TPSA) is 21.7 Å². The third-order valence-corrected chi connectivity index (χ3v) is 3.68. The molecule has 0 bridgehead atoms. The molecule has 19 heavy (non-hydrogen) atoms. The van der Waals surface area contributed by atoms with Crippen molar-refractivity contribution < 1.29 is 9.47 Å². The minimum Gasteiger partial charge on any atom is -0.463 e. The third-order valence-electron chi connectivity index (χ3n) is 3.68. The highest BCUT2D eigenvalue weighted by Gasteiger charge is 2.33. The van der Waals surface area contributed by atoms with Crippen molar-refractivity contribution in [2.75, 3.05) is 20.2 Å². The average molecular weight is 263 g/mol. The second-order valence-electron chi connectivity index (χ2n) is 5.14. The molecule has 2 unspecified atom stereocenters. The maximum Gasteiger partial charge on any atom is 0.215 e. The summed E-state index contributed by atoms with van der Waals surface area (Å²) in [7, 11) is 1.74. The first kappa shape index (κ1) is 14.4. The summed E-state index contributed by atoms with van der Waals surface area (Å²) in [4.78, 5) is 2.50. The third kappa shape index (κ3) is 3.28. The van der Waals surface area contributed by atoms with Crippen molar-refractivity contribution >= 4 is 0 Å². The molecular weight excluding hydrogens is 238 g/mol. The van der Waals surface area contributed by atoms with E-state index in [4.69, 9.17) is 9.47 Å². The van der Waals surface area contributed by atoms with Crippen molar-refractivity contribution in [2.45, 2.75) is 45.4 Å². The Balaban J connectivity index is 2.18. The zero-order chi connectivity index (χ0) is 13.7. The van der Waals surface area contributed by atoms with Crippen molar-refractivity contribution in [2.24, 2.45) is 0 Å². The summed E-state index contributed by atoms with van der Waals surface area (Å²) in [6.07, 6.45) is 3.17. The Morgan fingerprint density at radius 1 is 1.21 bits per heavy atom. The molecule has 0 fully saturated rings. The largest absolute Gasteiger partial charge is 0.463 e. The predicted octanol–water partition coefficient (Wildman–Crippen LogP) is 3.08. The van der Waals surface area contributed by atoms with Crippen LogP contribution in [0.3, 0.4) is 0 Å². The Kier molecular flexibility index (Phi) is 5.23. The number of methoxy groups -OCH3 is 1. The van der Waals surface area contributed by atoms with E-state index in [9.17, 15) is 0 Å². The first-order chi connectivity index (χ1) is 9.30. The number of hydrogen-bond donors (Lipinski definition) is 0. The monoisotopic (exact) mass is 263 g/mol. The van der Waals surface area contributed by atoms with Crippen LogP contribution in [-0.4, -0.2) is 37.4 Å². The van der Waals surface area contributed by atoms with E-state index >= 15 is 0 Å². The highest BCUT2D eigenvalue weighted by atomic mass is 16.7. The van der Waals surface area contributed by atoms with Gasteiger partial charge in [0.25, 0.3) is 0 Å². The highest BCUT2D eigenvalue weighted by molar-refractivity contribution is 5.36. The second-order valence-corrected chi connectivity index (χ2v) is 5.14. The second kappa shape index (κ2) is 6.92. The van der Waals surface area contributed by atoms with Crippen LogP contribution in [-0.2, 0) is 11.2 Å². The van der Waals surface area contributed by atoms with Crippen LogP contribution in [0.5, 0.6) is 5.75 Å². The molecule has 106 valence electrons. The van der Waals surface area contributed by atoms with Gasteiger partial charge in [0.2, 0.25) is 6.29 Å².